The van der Waals surface area contributed by atoms with Crippen LogP contribution in [0.1, 0.15) is 16.1 Å². The van der Waals surface area contributed by atoms with Gasteiger partial charge in [0, 0.05) is 6.07 Å². The summed E-state index contributed by atoms with van der Waals surface area (Å²) in [4.78, 5) is 23.2. The van der Waals surface area contributed by atoms with E-state index in [1.165, 1.54) is 31.4 Å². The van der Waals surface area contributed by atoms with E-state index < -0.39 is 17.2 Å². The molecule has 0 aliphatic heterocycles. The maximum absolute atomic E-state index is 13.3. The Morgan fingerprint density at radius 3 is 2.67 bits per heavy atom. The van der Waals surface area contributed by atoms with Gasteiger partial charge in [0.15, 0.2) is 0 Å². The second kappa shape index (κ2) is 4.83. The van der Waals surface area contributed by atoms with Gasteiger partial charge in [-0.2, -0.15) is 0 Å². The van der Waals surface area contributed by atoms with Gasteiger partial charge in [-0.25, -0.2) is 9.18 Å². The van der Waals surface area contributed by atoms with E-state index in [2.05, 4.69) is 0 Å². The highest BCUT2D eigenvalue weighted by Crippen LogP contribution is 2.14. The largest absolute Gasteiger partial charge is 0.465 e. The first kappa shape index (κ1) is 12.0. The molecule has 0 aliphatic rings. The number of hydrogen-bond acceptors (Lipinski definition) is 4. The summed E-state index contributed by atoms with van der Waals surface area (Å²) in [7, 11) is 0. The maximum atomic E-state index is 13.3. The molecule has 5 heteroatoms. The normalized spacial score (nSPS) is 10.1. The minimum absolute atomic E-state index is 0.159. The fourth-order valence-electron chi connectivity index (χ4n) is 1.40. The molecule has 0 saturated heterocycles. The van der Waals surface area contributed by atoms with E-state index in [0.717, 1.165) is 12.1 Å². The first-order chi connectivity index (χ1) is 8.59. The average Bonchev–Trinajstić information content (AvgIpc) is 2.34. The molecule has 0 N–H and O–H groups in total. The fourth-order valence-corrected chi connectivity index (χ4v) is 1.40. The summed E-state index contributed by atoms with van der Waals surface area (Å²) in [5.74, 6) is -1.71. The van der Waals surface area contributed by atoms with E-state index in [1.54, 1.807) is 0 Å². The third-order valence-corrected chi connectivity index (χ3v) is 2.30. The molecule has 1 aromatic carbocycles. The SMILES string of the molecule is Cc1occc(=O)c1OC(=O)c1ccccc1F. The third-order valence-electron chi connectivity index (χ3n) is 2.30. The van der Waals surface area contributed by atoms with Crippen molar-refractivity contribution in [3.8, 4) is 5.75 Å². The number of esters is 1. The Morgan fingerprint density at radius 2 is 2.00 bits per heavy atom. The molecule has 0 unspecified atom stereocenters. The van der Waals surface area contributed by atoms with Crippen LogP contribution in [-0.2, 0) is 0 Å². The third kappa shape index (κ3) is 2.29. The predicted octanol–water partition coefficient (Wildman–Crippen LogP) is 2.31. The lowest BCUT2D eigenvalue weighted by Gasteiger charge is -2.05. The van der Waals surface area contributed by atoms with Crippen LogP contribution < -0.4 is 10.2 Å². The minimum Gasteiger partial charge on any atom is -0.465 e. The molecule has 0 amide bonds. The van der Waals surface area contributed by atoms with Crippen molar-refractivity contribution >= 4 is 5.97 Å². The number of benzene rings is 1. The van der Waals surface area contributed by atoms with E-state index in [-0.39, 0.29) is 17.1 Å². The van der Waals surface area contributed by atoms with E-state index in [0.29, 0.717) is 0 Å². The maximum Gasteiger partial charge on any atom is 0.346 e. The van der Waals surface area contributed by atoms with E-state index in [9.17, 15) is 14.0 Å². The number of rotatable bonds is 2. The highest BCUT2D eigenvalue weighted by Gasteiger charge is 2.17. The van der Waals surface area contributed by atoms with Crippen LogP contribution in [0.5, 0.6) is 5.75 Å². The molecule has 0 atom stereocenters. The number of halogens is 1. The van der Waals surface area contributed by atoms with Crippen molar-refractivity contribution in [2.75, 3.05) is 0 Å². The lowest BCUT2D eigenvalue weighted by atomic mass is 10.2. The van der Waals surface area contributed by atoms with Crippen molar-refractivity contribution in [3.63, 3.8) is 0 Å². The van der Waals surface area contributed by atoms with E-state index in [1.807, 2.05) is 0 Å². The Labute approximate surface area is 102 Å². The van der Waals surface area contributed by atoms with Gasteiger partial charge in [-0.1, -0.05) is 12.1 Å². The quantitative estimate of drug-likeness (QED) is 0.765. The number of ether oxygens (including phenoxy) is 1. The molecule has 1 aromatic heterocycles. The molecule has 0 radical (unpaired) electrons. The van der Waals surface area contributed by atoms with Gasteiger partial charge < -0.3 is 9.15 Å². The Balaban J connectivity index is 2.33. The summed E-state index contributed by atoms with van der Waals surface area (Å²) >= 11 is 0. The van der Waals surface area contributed by atoms with Gasteiger partial charge in [-0.05, 0) is 19.1 Å². The molecule has 1 heterocycles. The van der Waals surface area contributed by atoms with Crippen LogP contribution in [0, 0.1) is 12.7 Å². The van der Waals surface area contributed by atoms with Crippen LogP contribution in [0.15, 0.2) is 45.8 Å². The molecule has 4 nitrogen and oxygen atoms in total. The van der Waals surface area contributed by atoms with Crippen molar-refractivity contribution in [2.24, 2.45) is 0 Å². The molecule has 0 fully saturated rings. The van der Waals surface area contributed by atoms with Crippen LogP contribution >= 0.6 is 0 Å². The molecule has 2 rings (SSSR count). The van der Waals surface area contributed by atoms with Gasteiger partial charge in [-0.15, -0.1) is 0 Å². The zero-order valence-electron chi connectivity index (χ0n) is 9.48. The van der Waals surface area contributed by atoms with Gasteiger partial charge in [0.1, 0.15) is 11.6 Å². The monoisotopic (exact) mass is 248 g/mol. The van der Waals surface area contributed by atoms with Crippen molar-refractivity contribution < 1.29 is 18.3 Å². The first-order valence-electron chi connectivity index (χ1n) is 5.14. The number of carbonyl (C=O) groups is 1. The molecular formula is C13H9FO4. The van der Waals surface area contributed by atoms with Crippen molar-refractivity contribution in [2.45, 2.75) is 6.92 Å². The molecular weight excluding hydrogens is 239 g/mol. The number of carbonyl (C=O) groups excluding carboxylic acids is 1. The Hall–Kier alpha value is -2.43. The summed E-state index contributed by atoms with van der Waals surface area (Å²) in [5, 5.41) is 0. The van der Waals surface area contributed by atoms with Gasteiger partial charge in [-0.3, -0.25) is 4.79 Å². The van der Waals surface area contributed by atoms with Gasteiger partial charge in [0.25, 0.3) is 0 Å². The first-order valence-corrected chi connectivity index (χ1v) is 5.14. The smallest absolute Gasteiger partial charge is 0.346 e. The van der Waals surface area contributed by atoms with E-state index in [4.69, 9.17) is 9.15 Å². The van der Waals surface area contributed by atoms with Crippen LogP contribution in [0.25, 0.3) is 0 Å². The molecule has 0 bridgehead atoms. The molecule has 0 aliphatic carbocycles. The fraction of sp³-hybridized carbons (Fsp3) is 0.0769. The Bertz CT molecular complexity index is 645. The highest BCUT2D eigenvalue weighted by atomic mass is 19.1. The molecule has 18 heavy (non-hydrogen) atoms. The summed E-state index contributed by atoms with van der Waals surface area (Å²) in [6.45, 7) is 1.48. The summed E-state index contributed by atoms with van der Waals surface area (Å²) in [6.07, 6.45) is 1.19. The zero-order valence-corrected chi connectivity index (χ0v) is 9.48. The Kier molecular flexibility index (Phi) is 3.23. The second-order valence-corrected chi connectivity index (χ2v) is 3.54. The lowest BCUT2D eigenvalue weighted by molar-refractivity contribution is 0.0722. The van der Waals surface area contributed by atoms with Crippen LogP contribution in [0.2, 0.25) is 0 Å². The summed E-state index contributed by atoms with van der Waals surface area (Å²) in [5.41, 5.74) is -0.733. The highest BCUT2D eigenvalue weighted by molar-refractivity contribution is 5.91. The zero-order chi connectivity index (χ0) is 13.1. The second-order valence-electron chi connectivity index (χ2n) is 3.54. The predicted molar refractivity (Wildman–Crippen MR) is 61.1 cm³/mol. The molecule has 2 aromatic rings. The number of aryl methyl sites for hydroxylation is 1. The van der Waals surface area contributed by atoms with Gasteiger partial charge in [0.05, 0.1) is 11.8 Å². The van der Waals surface area contributed by atoms with Crippen LogP contribution in [0.3, 0.4) is 0 Å². The Morgan fingerprint density at radius 1 is 1.28 bits per heavy atom. The average molecular weight is 248 g/mol. The molecule has 0 spiro atoms. The molecule has 0 saturated carbocycles. The topological polar surface area (TPSA) is 56.5 Å². The summed E-state index contributed by atoms with van der Waals surface area (Å²) < 4.78 is 23.1. The minimum atomic E-state index is -0.935. The van der Waals surface area contributed by atoms with E-state index >= 15 is 0 Å². The van der Waals surface area contributed by atoms with Crippen molar-refractivity contribution in [1.29, 1.82) is 0 Å². The summed E-state index contributed by atoms with van der Waals surface area (Å²) in [6, 6.07) is 6.49. The van der Waals surface area contributed by atoms with Gasteiger partial charge in [0.2, 0.25) is 11.2 Å². The van der Waals surface area contributed by atoms with Crippen molar-refractivity contribution in [3.05, 3.63) is 64.0 Å². The van der Waals surface area contributed by atoms with Gasteiger partial charge >= 0.3 is 5.97 Å². The van der Waals surface area contributed by atoms with Crippen LogP contribution in [-0.4, -0.2) is 5.97 Å². The van der Waals surface area contributed by atoms with Crippen LogP contribution in [0.4, 0.5) is 4.39 Å². The number of hydrogen-bond donors (Lipinski definition) is 0. The van der Waals surface area contributed by atoms with Crippen molar-refractivity contribution in [1.82, 2.24) is 0 Å². The standard InChI is InChI=1S/C13H9FO4/c1-8-12(11(15)6-7-17-8)18-13(16)9-4-2-3-5-10(9)14/h2-7H,1H3. The molecule has 92 valence electrons. The lowest BCUT2D eigenvalue weighted by Crippen LogP contribution is -2.16.